The van der Waals surface area contributed by atoms with Crippen LogP contribution in [-0.2, 0) is 23.2 Å². The van der Waals surface area contributed by atoms with Crippen molar-refractivity contribution < 1.29 is 18.8 Å². The molecule has 220 valence electrons. The maximum atomic E-state index is 14.8. The third-order valence-electron chi connectivity index (χ3n) is 9.38. The number of pyridine rings is 1. The summed E-state index contributed by atoms with van der Waals surface area (Å²) in [4.78, 5) is 42.4. The number of aromatic nitrogens is 5. The van der Waals surface area contributed by atoms with E-state index in [1.165, 1.54) is 6.20 Å². The summed E-state index contributed by atoms with van der Waals surface area (Å²) in [5, 5.41) is 15.9. The maximum Gasteiger partial charge on any atom is 0.255 e. The fourth-order valence-corrected chi connectivity index (χ4v) is 6.88. The molecule has 4 aliphatic rings. The van der Waals surface area contributed by atoms with Crippen LogP contribution in [0.1, 0.15) is 72.1 Å². The van der Waals surface area contributed by atoms with Gasteiger partial charge < -0.3 is 10.2 Å². The van der Waals surface area contributed by atoms with Crippen molar-refractivity contribution in [3.05, 3.63) is 59.4 Å². The number of carbonyl (C=O) groups excluding carboxylic acids is 3. The molecular formula is C31H31FN8O3. The predicted molar refractivity (Wildman–Crippen MR) is 154 cm³/mol. The molecule has 12 heteroatoms. The molecule has 8 rings (SSSR count). The molecule has 43 heavy (non-hydrogen) atoms. The third-order valence-corrected chi connectivity index (χ3v) is 9.38. The van der Waals surface area contributed by atoms with E-state index < -0.39 is 11.9 Å². The van der Waals surface area contributed by atoms with Crippen molar-refractivity contribution in [1.29, 1.82) is 0 Å². The highest BCUT2D eigenvalue weighted by atomic mass is 19.1. The second-order valence-electron chi connectivity index (χ2n) is 12.3. The van der Waals surface area contributed by atoms with Crippen LogP contribution in [0.4, 0.5) is 10.1 Å². The van der Waals surface area contributed by atoms with E-state index in [9.17, 15) is 18.8 Å². The third kappa shape index (κ3) is 4.38. The number of hydrogen-bond acceptors (Lipinski definition) is 7. The second kappa shape index (κ2) is 9.72. The minimum absolute atomic E-state index is 0.166. The highest BCUT2D eigenvalue weighted by molar-refractivity contribution is 6.05. The number of rotatable bonds is 7. The Balaban J connectivity index is 0.931. The maximum absolute atomic E-state index is 14.8. The lowest BCUT2D eigenvalue weighted by Gasteiger charge is -2.35. The molecular weight excluding hydrogens is 551 g/mol. The lowest BCUT2D eigenvalue weighted by molar-refractivity contribution is -0.136. The fraction of sp³-hybridized carbons (Fsp3) is 0.419. The first kappa shape index (κ1) is 26.1. The molecule has 5 heterocycles. The van der Waals surface area contributed by atoms with Crippen molar-refractivity contribution in [3.8, 4) is 11.3 Å². The lowest BCUT2D eigenvalue weighted by atomic mass is 9.80. The zero-order chi connectivity index (χ0) is 29.4. The smallest absolute Gasteiger partial charge is 0.255 e. The van der Waals surface area contributed by atoms with E-state index in [0.717, 1.165) is 60.4 Å². The van der Waals surface area contributed by atoms with E-state index >= 15 is 0 Å². The highest BCUT2D eigenvalue weighted by Crippen LogP contribution is 2.47. The van der Waals surface area contributed by atoms with Crippen LogP contribution in [-0.4, -0.2) is 59.8 Å². The molecule has 2 aliphatic heterocycles. The summed E-state index contributed by atoms with van der Waals surface area (Å²) in [5.41, 5.74) is 5.72. The molecule has 1 unspecified atom stereocenters. The number of fused-ring (bicyclic) bond motifs is 2. The SMILES string of the molecule is Cn1nc2cncc(F)c2c1-c1cn(C2CC(CNc3ccc4c(c3)CN(C3CCC(=O)NC3=O)C4=O)C2)nc1C1CC1. The number of benzene rings is 1. The highest BCUT2D eigenvalue weighted by Gasteiger charge is 2.39. The number of hydrogen-bond donors (Lipinski definition) is 2. The molecule has 0 spiro atoms. The standard InChI is InChI=1S/C31H31FN8O3/c1-38-29(27-23(32)12-33-13-24(27)36-38)22-15-40(37-28(22)17-2-3-17)20-8-16(9-20)11-34-19-4-5-21-18(10-19)14-39(31(21)43)25-6-7-26(41)35-30(25)42/h4-5,10,12-13,15-17,20,25,34H,2-3,6-9,11,14H2,1H3,(H,35,41,42). The van der Waals surface area contributed by atoms with Crippen LogP contribution in [0.3, 0.4) is 0 Å². The largest absolute Gasteiger partial charge is 0.385 e. The minimum Gasteiger partial charge on any atom is -0.385 e. The lowest BCUT2D eigenvalue weighted by Crippen LogP contribution is -2.52. The number of halogens is 1. The quantitative estimate of drug-likeness (QED) is 0.319. The predicted octanol–water partition coefficient (Wildman–Crippen LogP) is 3.67. The monoisotopic (exact) mass is 582 g/mol. The van der Waals surface area contributed by atoms with E-state index in [1.807, 2.05) is 25.2 Å². The Morgan fingerprint density at radius 1 is 1.07 bits per heavy atom. The van der Waals surface area contributed by atoms with Gasteiger partial charge in [-0.05, 0) is 61.8 Å². The summed E-state index contributed by atoms with van der Waals surface area (Å²) in [6, 6.07) is 5.39. The number of anilines is 1. The number of amides is 3. The molecule has 0 radical (unpaired) electrons. The molecule has 1 aromatic carbocycles. The fourth-order valence-electron chi connectivity index (χ4n) is 6.88. The van der Waals surface area contributed by atoms with Crippen LogP contribution in [0.15, 0.2) is 36.8 Å². The summed E-state index contributed by atoms with van der Waals surface area (Å²) in [6.45, 7) is 1.16. The molecule has 3 aromatic heterocycles. The molecule has 1 saturated heterocycles. The summed E-state index contributed by atoms with van der Waals surface area (Å²) in [6.07, 6.45) is 9.66. The van der Waals surface area contributed by atoms with Gasteiger partial charge >= 0.3 is 0 Å². The first-order chi connectivity index (χ1) is 20.8. The van der Waals surface area contributed by atoms with E-state index in [1.54, 1.807) is 15.8 Å². The Morgan fingerprint density at radius 3 is 2.70 bits per heavy atom. The topological polar surface area (TPSA) is 127 Å². The normalized spacial score (nSPS) is 23.4. The summed E-state index contributed by atoms with van der Waals surface area (Å²) >= 11 is 0. The van der Waals surface area contributed by atoms with Crippen LogP contribution in [0.25, 0.3) is 22.2 Å². The van der Waals surface area contributed by atoms with Gasteiger partial charge in [0.25, 0.3) is 5.91 Å². The molecule has 1 atom stereocenters. The van der Waals surface area contributed by atoms with Gasteiger partial charge in [0, 0.05) is 55.5 Å². The van der Waals surface area contributed by atoms with Crippen molar-refractivity contribution in [2.24, 2.45) is 13.0 Å². The van der Waals surface area contributed by atoms with Crippen LogP contribution in [0.2, 0.25) is 0 Å². The average molecular weight is 583 g/mol. The zero-order valence-electron chi connectivity index (χ0n) is 23.7. The van der Waals surface area contributed by atoms with Gasteiger partial charge in [-0.3, -0.25) is 34.0 Å². The summed E-state index contributed by atoms with van der Waals surface area (Å²) in [7, 11) is 1.84. The molecule has 0 bridgehead atoms. The number of nitrogens with one attached hydrogen (secondary N) is 2. The van der Waals surface area contributed by atoms with Crippen LogP contribution in [0, 0.1) is 11.7 Å². The van der Waals surface area contributed by atoms with Gasteiger partial charge in [0.2, 0.25) is 11.8 Å². The summed E-state index contributed by atoms with van der Waals surface area (Å²) in [5.74, 6) is -0.354. The van der Waals surface area contributed by atoms with E-state index in [0.29, 0.717) is 41.3 Å². The molecule has 2 saturated carbocycles. The van der Waals surface area contributed by atoms with Crippen molar-refractivity contribution in [2.75, 3.05) is 11.9 Å². The van der Waals surface area contributed by atoms with Gasteiger partial charge in [0.15, 0.2) is 5.82 Å². The van der Waals surface area contributed by atoms with Gasteiger partial charge in [-0.2, -0.15) is 10.2 Å². The number of imide groups is 1. The molecule has 11 nitrogen and oxygen atoms in total. The van der Waals surface area contributed by atoms with Crippen molar-refractivity contribution >= 4 is 34.3 Å². The van der Waals surface area contributed by atoms with Crippen molar-refractivity contribution in [2.45, 2.75) is 63.1 Å². The van der Waals surface area contributed by atoms with E-state index in [-0.39, 0.29) is 30.1 Å². The van der Waals surface area contributed by atoms with Crippen LogP contribution in [0.5, 0.6) is 0 Å². The van der Waals surface area contributed by atoms with E-state index in [2.05, 4.69) is 31.6 Å². The molecule has 3 fully saturated rings. The number of nitrogens with zero attached hydrogens (tertiary/aromatic N) is 6. The number of carbonyl (C=O) groups is 3. The van der Waals surface area contributed by atoms with Gasteiger partial charge in [0.05, 0.1) is 35.2 Å². The zero-order valence-corrected chi connectivity index (χ0v) is 23.7. The number of aryl methyl sites for hydroxylation is 1. The molecule has 3 amide bonds. The second-order valence-corrected chi connectivity index (χ2v) is 12.3. The van der Waals surface area contributed by atoms with Gasteiger partial charge in [-0.1, -0.05) is 0 Å². The van der Waals surface area contributed by atoms with Crippen molar-refractivity contribution in [1.82, 2.24) is 34.8 Å². The molecule has 2 N–H and O–H groups in total. The van der Waals surface area contributed by atoms with Gasteiger partial charge in [0.1, 0.15) is 11.6 Å². The Morgan fingerprint density at radius 2 is 1.91 bits per heavy atom. The Labute approximate surface area is 246 Å². The van der Waals surface area contributed by atoms with E-state index in [4.69, 9.17) is 5.10 Å². The average Bonchev–Trinajstić information content (AvgIpc) is 3.51. The molecule has 2 aliphatic carbocycles. The first-order valence-electron chi connectivity index (χ1n) is 14.9. The van der Waals surface area contributed by atoms with Crippen LogP contribution < -0.4 is 10.6 Å². The van der Waals surface area contributed by atoms with Gasteiger partial charge in [-0.15, -0.1) is 0 Å². The summed E-state index contributed by atoms with van der Waals surface area (Å²) < 4.78 is 18.7. The Bertz CT molecular complexity index is 1820. The van der Waals surface area contributed by atoms with Gasteiger partial charge in [-0.25, -0.2) is 4.39 Å². The molecule has 4 aromatic rings. The Hall–Kier alpha value is -4.61. The first-order valence-corrected chi connectivity index (χ1v) is 14.9. The Kier molecular flexibility index (Phi) is 5.89. The van der Waals surface area contributed by atoms with Crippen molar-refractivity contribution in [3.63, 3.8) is 0 Å². The van der Waals surface area contributed by atoms with Crippen LogP contribution >= 0.6 is 0 Å². The minimum atomic E-state index is -0.614. The number of piperidine rings is 1.